The topological polar surface area (TPSA) is 33.1 Å². The van der Waals surface area contributed by atoms with Crippen LogP contribution < -0.4 is 0 Å². The van der Waals surface area contributed by atoms with Gasteiger partial charge in [0.15, 0.2) is 0 Å². The number of halogens is 2. The zero-order chi connectivity index (χ0) is 9.35. The van der Waals surface area contributed by atoms with Crippen LogP contribution in [0.15, 0.2) is 21.3 Å². The van der Waals surface area contributed by atoms with Crippen LogP contribution in [-0.2, 0) is 5.60 Å². The highest BCUT2D eigenvalue weighted by molar-refractivity contribution is 9.11. The van der Waals surface area contributed by atoms with Crippen LogP contribution in [0.5, 0.6) is 0 Å². The normalized spacial score (nSPS) is 11.8. The maximum absolute atomic E-state index is 9.75. The van der Waals surface area contributed by atoms with E-state index in [-0.39, 0.29) is 0 Å². The molecule has 1 rings (SSSR count). The van der Waals surface area contributed by atoms with E-state index in [2.05, 4.69) is 36.8 Å². The molecular weight excluding hydrogens is 286 g/mol. The maximum Gasteiger partial charge on any atom is 0.113 e. The number of rotatable bonds is 1. The van der Waals surface area contributed by atoms with Gasteiger partial charge in [0.1, 0.15) is 4.60 Å². The van der Waals surface area contributed by atoms with Crippen LogP contribution in [-0.4, -0.2) is 10.1 Å². The number of nitrogens with zero attached hydrogens (tertiary/aromatic N) is 1. The number of aromatic nitrogens is 1. The van der Waals surface area contributed by atoms with Crippen LogP contribution in [0.1, 0.15) is 19.4 Å². The molecule has 0 fully saturated rings. The second-order valence-electron chi connectivity index (χ2n) is 3.02. The monoisotopic (exact) mass is 293 g/mol. The van der Waals surface area contributed by atoms with E-state index < -0.39 is 5.60 Å². The van der Waals surface area contributed by atoms with Crippen LogP contribution in [0.3, 0.4) is 0 Å². The lowest BCUT2D eigenvalue weighted by Gasteiger charge is -2.20. The molecule has 0 bridgehead atoms. The van der Waals surface area contributed by atoms with E-state index in [4.69, 9.17) is 0 Å². The molecule has 0 radical (unpaired) electrons. The van der Waals surface area contributed by atoms with Gasteiger partial charge in [0.05, 0.1) is 5.60 Å². The number of hydrogen-bond acceptors (Lipinski definition) is 2. The fourth-order valence-corrected chi connectivity index (χ4v) is 2.83. The molecule has 0 aromatic carbocycles. The molecule has 0 saturated heterocycles. The minimum Gasteiger partial charge on any atom is -0.386 e. The predicted octanol–water partition coefficient (Wildman–Crippen LogP) is 2.83. The molecule has 0 aliphatic heterocycles. The third-order valence-electron chi connectivity index (χ3n) is 1.47. The highest BCUT2D eigenvalue weighted by Crippen LogP contribution is 2.32. The second-order valence-corrected chi connectivity index (χ2v) is 4.62. The SMILES string of the molecule is CC(C)(O)c1c(Br)ccnc1Br. The molecule has 2 nitrogen and oxygen atoms in total. The van der Waals surface area contributed by atoms with E-state index in [1.807, 2.05) is 0 Å². The Balaban J connectivity index is 3.31. The molecule has 0 spiro atoms. The first-order valence-electron chi connectivity index (χ1n) is 3.46. The Morgan fingerprint density at radius 1 is 1.42 bits per heavy atom. The third-order valence-corrected chi connectivity index (χ3v) is 2.73. The smallest absolute Gasteiger partial charge is 0.113 e. The molecule has 4 heteroatoms. The summed E-state index contributed by atoms with van der Waals surface area (Å²) in [6, 6.07) is 1.80. The molecule has 0 amide bonds. The van der Waals surface area contributed by atoms with Crippen molar-refractivity contribution in [1.29, 1.82) is 0 Å². The minimum atomic E-state index is -0.883. The van der Waals surface area contributed by atoms with Gasteiger partial charge in [-0.3, -0.25) is 0 Å². The summed E-state index contributed by atoms with van der Waals surface area (Å²) in [5, 5.41) is 9.75. The molecule has 66 valence electrons. The lowest BCUT2D eigenvalue weighted by Crippen LogP contribution is -2.17. The molecule has 1 N–H and O–H groups in total. The highest BCUT2D eigenvalue weighted by Gasteiger charge is 2.22. The molecule has 1 aromatic heterocycles. The lowest BCUT2D eigenvalue weighted by atomic mass is 10.0. The van der Waals surface area contributed by atoms with Gasteiger partial charge in [-0.2, -0.15) is 0 Å². The number of aliphatic hydroxyl groups is 1. The van der Waals surface area contributed by atoms with Gasteiger partial charge in [0.25, 0.3) is 0 Å². The Morgan fingerprint density at radius 2 is 2.00 bits per heavy atom. The average Bonchev–Trinajstić information content (AvgIpc) is 1.82. The highest BCUT2D eigenvalue weighted by atomic mass is 79.9. The van der Waals surface area contributed by atoms with Crippen LogP contribution in [0, 0.1) is 0 Å². The molecule has 0 atom stereocenters. The van der Waals surface area contributed by atoms with Crippen LogP contribution in [0.4, 0.5) is 0 Å². The largest absolute Gasteiger partial charge is 0.386 e. The molecular formula is C8H9Br2NO. The van der Waals surface area contributed by atoms with Crippen LogP contribution >= 0.6 is 31.9 Å². The first-order chi connectivity index (χ1) is 5.43. The summed E-state index contributed by atoms with van der Waals surface area (Å²) in [6.07, 6.45) is 1.67. The van der Waals surface area contributed by atoms with Crippen molar-refractivity contribution in [3.05, 3.63) is 26.9 Å². The van der Waals surface area contributed by atoms with Crippen molar-refractivity contribution >= 4 is 31.9 Å². The van der Waals surface area contributed by atoms with Gasteiger partial charge in [0, 0.05) is 16.2 Å². The average molecular weight is 295 g/mol. The van der Waals surface area contributed by atoms with Gasteiger partial charge in [-0.1, -0.05) is 15.9 Å². The minimum absolute atomic E-state index is 0.671. The van der Waals surface area contributed by atoms with E-state index in [1.54, 1.807) is 26.1 Å². The molecule has 0 saturated carbocycles. The standard InChI is InChI=1S/C8H9Br2NO/c1-8(2,12)6-5(9)3-4-11-7(6)10/h3-4,12H,1-2H3. The first-order valence-corrected chi connectivity index (χ1v) is 5.04. The number of pyridine rings is 1. The second kappa shape index (κ2) is 3.44. The summed E-state index contributed by atoms with van der Waals surface area (Å²) < 4.78 is 1.53. The lowest BCUT2D eigenvalue weighted by molar-refractivity contribution is 0.0766. The molecule has 0 aliphatic rings. The molecule has 1 heterocycles. The van der Waals surface area contributed by atoms with Crippen molar-refractivity contribution < 1.29 is 5.11 Å². The summed E-state index contributed by atoms with van der Waals surface area (Å²) in [6.45, 7) is 3.44. The zero-order valence-corrected chi connectivity index (χ0v) is 9.98. The zero-order valence-electron chi connectivity index (χ0n) is 6.81. The molecule has 1 aromatic rings. The van der Waals surface area contributed by atoms with E-state index >= 15 is 0 Å². The Morgan fingerprint density at radius 3 is 2.33 bits per heavy atom. The number of hydrogen-bond donors (Lipinski definition) is 1. The molecule has 0 aliphatic carbocycles. The van der Waals surface area contributed by atoms with Gasteiger partial charge in [0.2, 0.25) is 0 Å². The summed E-state index contributed by atoms with van der Waals surface area (Å²) >= 11 is 6.63. The van der Waals surface area contributed by atoms with Crippen molar-refractivity contribution in [1.82, 2.24) is 4.98 Å². The van der Waals surface area contributed by atoms with Gasteiger partial charge < -0.3 is 5.11 Å². The van der Waals surface area contributed by atoms with Gasteiger partial charge in [-0.15, -0.1) is 0 Å². The van der Waals surface area contributed by atoms with Crippen molar-refractivity contribution in [2.75, 3.05) is 0 Å². The first kappa shape index (κ1) is 10.2. The fourth-order valence-electron chi connectivity index (χ4n) is 0.959. The Labute approximate surface area is 88.3 Å². The van der Waals surface area contributed by atoms with Gasteiger partial charge in [-0.25, -0.2) is 4.98 Å². The summed E-state index contributed by atoms with van der Waals surface area (Å²) in [7, 11) is 0. The quantitative estimate of drug-likeness (QED) is 0.808. The van der Waals surface area contributed by atoms with Crippen molar-refractivity contribution in [2.45, 2.75) is 19.4 Å². The summed E-state index contributed by atoms with van der Waals surface area (Å²) in [5.74, 6) is 0. The van der Waals surface area contributed by atoms with Gasteiger partial charge in [-0.05, 0) is 35.8 Å². The van der Waals surface area contributed by atoms with Crippen molar-refractivity contribution in [2.24, 2.45) is 0 Å². The molecule has 12 heavy (non-hydrogen) atoms. The van der Waals surface area contributed by atoms with Gasteiger partial charge >= 0.3 is 0 Å². The van der Waals surface area contributed by atoms with E-state index in [0.29, 0.717) is 4.60 Å². The van der Waals surface area contributed by atoms with E-state index in [9.17, 15) is 5.11 Å². The molecule has 0 unspecified atom stereocenters. The Kier molecular flexibility index (Phi) is 2.91. The van der Waals surface area contributed by atoms with E-state index in [1.165, 1.54) is 0 Å². The van der Waals surface area contributed by atoms with Crippen molar-refractivity contribution in [3.63, 3.8) is 0 Å². The van der Waals surface area contributed by atoms with E-state index in [0.717, 1.165) is 10.0 Å². The van der Waals surface area contributed by atoms with Crippen LogP contribution in [0.25, 0.3) is 0 Å². The predicted molar refractivity (Wildman–Crippen MR) is 54.9 cm³/mol. The third kappa shape index (κ3) is 2.06. The van der Waals surface area contributed by atoms with Crippen molar-refractivity contribution in [3.8, 4) is 0 Å². The maximum atomic E-state index is 9.75. The Hall–Kier alpha value is 0.0700. The van der Waals surface area contributed by atoms with Crippen LogP contribution in [0.2, 0.25) is 0 Å². The summed E-state index contributed by atoms with van der Waals surface area (Å²) in [4.78, 5) is 4.03. The summed E-state index contributed by atoms with van der Waals surface area (Å²) in [5.41, 5.74) is -0.114. The fraction of sp³-hybridized carbons (Fsp3) is 0.375. The Bertz CT molecular complexity index is 273.